The maximum atomic E-state index is 12.8. The third-order valence-corrected chi connectivity index (χ3v) is 9.38. The van der Waals surface area contributed by atoms with Crippen molar-refractivity contribution in [2.45, 2.75) is 27.8 Å². The molecule has 0 saturated carbocycles. The molecule has 4 N–H and O–H groups in total. The fourth-order valence-corrected chi connectivity index (χ4v) is 6.18. The van der Waals surface area contributed by atoms with Gasteiger partial charge in [0.05, 0.1) is 27.8 Å². The van der Waals surface area contributed by atoms with Gasteiger partial charge in [0.15, 0.2) is 21.4 Å². The lowest BCUT2D eigenvalue weighted by molar-refractivity contribution is 0.101. The predicted octanol–water partition coefficient (Wildman–Crippen LogP) is 3.25. The number of phenolic OH excluding ortho intramolecular Hbond substituents is 1. The van der Waals surface area contributed by atoms with Gasteiger partial charge >= 0.3 is 10.4 Å². The van der Waals surface area contributed by atoms with Crippen LogP contribution in [-0.2, 0) is 44.7 Å². The molecule has 0 aliphatic carbocycles. The van der Waals surface area contributed by atoms with E-state index in [1.807, 2.05) is 0 Å². The SMILES string of the molecule is CC(=O)c1ccc(S(=O)(=O)O)cc1N=NC(N=Nc1cc(S(=O)(=O)CCOS(=O)(=O)O)cc(S(=O)(=O)O)c1O)c1ccccc1. The summed E-state index contributed by atoms with van der Waals surface area (Å²) in [4.78, 5) is 9.28. The first-order valence-corrected chi connectivity index (χ1v) is 17.8. The summed E-state index contributed by atoms with van der Waals surface area (Å²) >= 11 is 0. The monoisotopic (exact) mass is 706 g/mol. The molecule has 0 saturated heterocycles. The molecule has 18 nitrogen and oxygen atoms in total. The van der Waals surface area contributed by atoms with Crippen LogP contribution >= 0.6 is 0 Å². The largest absolute Gasteiger partial charge is 0.504 e. The van der Waals surface area contributed by atoms with Gasteiger partial charge in [-0.15, -0.1) is 5.11 Å². The number of rotatable bonds is 13. The lowest BCUT2D eigenvalue weighted by Gasteiger charge is -2.10. The first-order chi connectivity index (χ1) is 20.7. The topological polar surface area (TPSA) is 293 Å². The van der Waals surface area contributed by atoms with Gasteiger partial charge in [0.2, 0.25) is 6.17 Å². The van der Waals surface area contributed by atoms with Crippen LogP contribution in [0.4, 0.5) is 11.4 Å². The lowest BCUT2D eigenvalue weighted by Crippen LogP contribution is -2.16. The van der Waals surface area contributed by atoms with E-state index in [9.17, 15) is 52.7 Å². The number of Topliss-reactive ketones (excluding diaryl/α,β-unsaturated/α-hetero) is 1. The minimum Gasteiger partial charge on any atom is -0.504 e. The molecular weight excluding hydrogens is 685 g/mol. The normalized spacial score (nSPS) is 13.8. The van der Waals surface area contributed by atoms with Crippen molar-refractivity contribution in [1.82, 2.24) is 0 Å². The van der Waals surface area contributed by atoms with Gasteiger partial charge in [-0.1, -0.05) is 30.3 Å². The number of azo groups is 2. The molecule has 0 spiro atoms. The molecule has 0 radical (unpaired) electrons. The number of phenols is 1. The van der Waals surface area contributed by atoms with E-state index in [1.165, 1.54) is 12.1 Å². The Kier molecular flexibility index (Phi) is 10.7. The number of nitrogens with zero attached hydrogens (tertiary/aromatic N) is 4. The van der Waals surface area contributed by atoms with Crippen molar-refractivity contribution in [1.29, 1.82) is 0 Å². The van der Waals surface area contributed by atoms with Crippen LogP contribution in [-0.4, -0.2) is 70.6 Å². The van der Waals surface area contributed by atoms with Gasteiger partial charge in [-0.25, -0.2) is 12.6 Å². The van der Waals surface area contributed by atoms with Gasteiger partial charge in [0, 0.05) is 11.1 Å². The van der Waals surface area contributed by atoms with Crippen molar-refractivity contribution in [2.75, 3.05) is 12.4 Å². The minimum atomic E-state index is -5.28. The van der Waals surface area contributed by atoms with Crippen molar-refractivity contribution >= 4 is 57.6 Å². The summed E-state index contributed by atoms with van der Waals surface area (Å²) in [5.41, 5.74) is -0.971. The first kappa shape index (κ1) is 35.4. The zero-order valence-electron chi connectivity index (χ0n) is 22.6. The Morgan fingerprint density at radius 2 is 1.36 bits per heavy atom. The van der Waals surface area contributed by atoms with Crippen molar-refractivity contribution in [3.05, 3.63) is 71.8 Å². The molecule has 0 bridgehead atoms. The molecule has 1 atom stereocenters. The summed E-state index contributed by atoms with van der Waals surface area (Å²) in [7, 11) is -19.6. The van der Waals surface area contributed by atoms with Crippen LogP contribution < -0.4 is 0 Å². The van der Waals surface area contributed by atoms with Crippen LogP contribution in [0.25, 0.3) is 0 Å². The van der Waals surface area contributed by atoms with Crippen LogP contribution in [0.3, 0.4) is 0 Å². The second-order valence-electron chi connectivity index (χ2n) is 8.76. The summed E-state index contributed by atoms with van der Waals surface area (Å²) < 4.78 is 126. The molecule has 0 aromatic heterocycles. The van der Waals surface area contributed by atoms with E-state index in [1.54, 1.807) is 18.2 Å². The molecule has 45 heavy (non-hydrogen) atoms. The Hall–Kier alpha value is -4.03. The fourth-order valence-electron chi connectivity index (χ4n) is 3.46. The maximum absolute atomic E-state index is 12.8. The molecule has 3 aromatic carbocycles. The van der Waals surface area contributed by atoms with Gasteiger partial charge < -0.3 is 5.11 Å². The highest BCUT2D eigenvalue weighted by Gasteiger charge is 2.26. The van der Waals surface area contributed by atoms with E-state index in [0.29, 0.717) is 12.1 Å². The van der Waals surface area contributed by atoms with Crippen LogP contribution in [0, 0.1) is 0 Å². The summed E-state index contributed by atoms with van der Waals surface area (Å²) in [6.07, 6.45) is -1.46. The zero-order valence-corrected chi connectivity index (χ0v) is 25.8. The van der Waals surface area contributed by atoms with Crippen molar-refractivity contribution < 1.29 is 61.4 Å². The Balaban J connectivity index is 2.15. The second kappa shape index (κ2) is 13.5. The number of hydrogen-bond acceptors (Lipinski definition) is 15. The first-order valence-electron chi connectivity index (χ1n) is 11.9. The summed E-state index contributed by atoms with van der Waals surface area (Å²) in [5.74, 6) is -2.90. The summed E-state index contributed by atoms with van der Waals surface area (Å²) in [6.45, 7) is 0.0684. The van der Waals surface area contributed by atoms with Crippen molar-refractivity contribution in [3.8, 4) is 5.75 Å². The number of aromatic hydroxyl groups is 1. The Bertz CT molecular complexity index is 2120. The second-order valence-corrected chi connectivity index (χ2v) is 14.8. The number of benzene rings is 3. The highest BCUT2D eigenvalue weighted by Crippen LogP contribution is 2.38. The van der Waals surface area contributed by atoms with Crippen LogP contribution in [0.1, 0.15) is 29.0 Å². The Morgan fingerprint density at radius 1 is 0.778 bits per heavy atom. The van der Waals surface area contributed by atoms with Crippen molar-refractivity contribution in [2.24, 2.45) is 20.5 Å². The zero-order chi connectivity index (χ0) is 33.8. The van der Waals surface area contributed by atoms with Crippen LogP contribution in [0.2, 0.25) is 0 Å². The molecular formula is C23H22N4O14S4. The number of sulfone groups is 1. The number of carbonyl (C=O) groups is 1. The number of ketones is 1. The van der Waals surface area contributed by atoms with Gasteiger partial charge in [-0.3, -0.25) is 18.5 Å². The van der Waals surface area contributed by atoms with E-state index in [4.69, 9.17) is 4.55 Å². The van der Waals surface area contributed by atoms with Gasteiger partial charge in [0.25, 0.3) is 20.2 Å². The molecule has 1 unspecified atom stereocenters. The summed E-state index contributed by atoms with van der Waals surface area (Å²) in [6, 6.07) is 11.6. The number of hydrogen-bond donors (Lipinski definition) is 4. The van der Waals surface area contributed by atoms with Crippen LogP contribution in [0.5, 0.6) is 5.75 Å². The third-order valence-electron chi connectivity index (χ3n) is 5.54. The van der Waals surface area contributed by atoms with E-state index in [2.05, 4.69) is 24.6 Å². The highest BCUT2D eigenvalue weighted by molar-refractivity contribution is 7.91. The van der Waals surface area contributed by atoms with E-state index in [0.717, 1.165) is 25.1 Å². The smallest absolute Gasteiger partial charge is 0.397 e. The molecule has 242 valence electrons. The Morgan fingerprint density at radius 3 is 1.89 bits per heavy atom. The molecule has 0 heterocycles. The lowest BCUT2D eigenvalue weighted by atomic mass is 10.1. The molecule has 0 amide bonds. The number of carbonyl (C=O) groups excluding carboxylic acids is 1. The molecule has 22 heteroatoms. The van der Waals surface area contributed by atoms with Gasteiger partial charge in [0.1, 0.15) is 10.6 Å². The van der Waals surface area contributed by atoms with Crippen molar-refractivity contribution in [3.63, 3.8) is 0 Å². The highest BCUT2D eigenvalue weighted by atomic mass is 32.3. The van der Waals surface area contributed by atoms with Gasteiger partial charge in [-0.2, -0.15) is 40.6 Å². The quantitative estimate of drug-likeness (QED) is 0.113. The fraction of sp³-hybridized carbons (Fsp3) is 0.174. The van der Waals surface area contributed by atoms with E-state index >= 15 is 0 Å². The minimum absolute atomic E-state index is 0.0961. The average Bonchev–Trinajstić information content (AvgIpc) is 2.92. The maximum Gasteiger partial charge on any atom is 0.397 e. The summed E-state index contributed by atoms with van der Waals surface area (Å²) in [5, 5.41) is 25.9. The molecule has 0 aliphatic rings. The molecule has 3 aromatic rings. The molecule has 3 rings (SSSR count). The predicted molar refractivity (Wildman–Crippen MR) is 152 cm³/mol. The average molecular weight is 707 g/mol. The Labute approximate surface area is 256 Å². The molecule has 0 aliphatic heterocycles. The van der Waals surface area contributed by atoms with E-state index < -0.39 is 90.9 Å². The third kappa shape index (κ3) is 9.73. The molecule has 0 fully saturated rings. The van der Waals surface area contributed by atoms with Gasteiger partial charge in [-0.05, 0) is 37.3 Å². The van der Waals surface area contributed by atoms with E-state index in [-0.39, 0.29) is 16.8 Å². The standard InChI is InChI=1S/C23H22N4O14S4/c1-14(28)18-8-7-16(43(32,33)34)11-19(18)24-26-23(15-5-3-2-4-6-15)27-25-20-12-17(13-21(22(20)29)44(35,36)37)42(30,31)10-9-41-45(38,39)40/h2-8,11-13,23,29H,9-10H2,1H3,(H,32,33,34)(H,35,36,37)(H,38,39,40). The van der Waals surface area contributed by atoms with Crippen LogP contribution in [0.15, 0.2) is 95.8 Å².